The van der Waals surface area contributed by atoms with E-state index in [1.54, 1.807) is 0 Å². The monoisotopic (exact) mass is 173 g/mol. The third-order valence-electron chi connectivity index (χ3n) is 2.07. The number of nitrogens with zero attached hydrogens (tertiary/aromatic N) is 1. The van der Waals surface area contributed by atoms with Crippen LogP contribution in [0.25, 0.3) is 0 Å². The lowest BCUT2D eigenvalue weighted by Gasteiger charge is -2.21. The van der Waals surface area contributed by atoms with Gasteiger partial charge < -0.3 is 9.57 Å². The average Bonchev–Trinajstić information content (AvgIpc) is 2.49. The van der Waals surface area contributed by atoms with Gasteiger partial charge in [-0.05, 0) is 0 Å². The van der Waals surface area contributed by atoms with E-state index in [1.807, 2.05) is 0 Å². The number of rotatable bonds is 1. The molecule has 0 aliphatic carbocycles. The van der Waals surface area contributed by atoms with Crippen molar-refractivity contribution in [3.63, 3.8) is 0 Å². The van der Waals surface area contributed by atoms with Gasteiger partial charge in [-0.2, -0.15) is 0 Å². The van der Waals surface area contributed by atoms with Crippen molar-refractivity contribution in [2.75, 3.05) is 13.3 Å². The van der Waals surface area contributed by atoms with Gasteiger partial charge >= 0.3 is 5.97 Å². The van der Waals surface area contributed by atoms with Gasteiger partial charge in [0.1, 0.15) is 24.4 Å². The highest BCUT2D eigenvalue weighted by Crippen LogP contribution is 2.26. The molecule has 5 heteroatoms. The zero-order valence-electron chi connectivity index (χ0n) is 6.33. The first-order chi connectivity index (χ1) is 5.83. The number of cyclic esters (lactones) is 1. The highest BCUT2D eigenvalue weighted by molar-refractivity contribution is 6.04. The summed E-state index contributed by atoms with van der Waals surface area (Å²) in [5.41, 5.74) is 0.157. The molecule has 0 unspecified atom stereocenters. The standard InChI is InChI=1S/C7H8FNO3/c8-3-4-6-5(12-9-4)1-2-11-7(6)10/h5-6H,1-3H2/t5-,6-/m1/s1. The largest absolute Gasteiger partial charge is 0.465 e. The van der Waals surface area contributed by atoms with Crippen LogP contribution in [0.5, 0.6) is 0 Å². The molecular formula is C7H8FNO3. The van der Waals surface area contributed by atoms with Crippen LogP contribution in [0.2, 0.25) is 0 Å². The number of esters is 1. The number of carbonyl (C=O) groups excluding carboxylic acids is 1. The molecule has 0 saturated carbocycles. The molecule has 2 aliphatic rings. The number of fused-ring (bicyclic) bond motifs is 1. The van der Waals surface area contributed by atoms with Gasteiger partial charge in [-0.3, -0.25) is 4.79 Å². The summed E-state index contributed by atoms with van der Waals surface area (Å²) >= 11 is 0. The summed E-state index contributed by atoms with van der Waals surface area (Å²) < 4.78 is 17.0. The SMILES string of the molecule is O=C1OCC[C@H]2ON=C(CF)[C@@H]12. The van der Waals surface area contributed by atoms with E-state index < -0.39 is 18.6 Å². The van der Waals surface area contributed by atoms with E-state index >= 15 is 0 Å². The number of oxime groups is 1. The molecule has 2 atom stereocenters. The minimum Gasteiger partial charge on any atom is -0.465 e. The smallest absolute Gasteiger partial charge is 0.318 e. The van der Waals surface area contributed by atoms with Crippen molar-refractivity contribution in [3.05, 3.63) is 0 Å². The van der Waals surface area contributed by atoms with Crippen molar-refractivity contribution in [3.8, 4) is 0 Å². The molecule has 2 heterocycles. The number of halogens is 1. The molecule has 1 fully saturated rings. The molecule has 0 aromatic heterocycles. The van der Waals surface area contributed by atoms with Crippen molar-refractivity contribution in [1.29, 1.82) is 0 Å². The maximum atomic E-state index is 12.2. The Morgan fingerprint density at radius 1 is 1.67 bits per heavy atom. The molecular weight excluding hydrogens is 165 g/mol. The predicted octanol–water partition coefficient (Wildman–Crippen LogP) is 0.274. The van der Waals surface area contributed by atoms with Crippen LogP contribution >= 0.6 is 0 Å². The van der Waals surface area contributed by atoms with Crippen LogP contribution in [0.1, 0.15) is 6.42 Å². The number of hydrogen-bond acceptors (Lipinski definition) is 4. The minimum absolute atomic E-state index is 0.157. The van der Waals surface area contributed by atoms with E-state index in [9.17, 15) is 9.18 Å². The summed E-state index contributed by atoms with van der Waals surface area (Å²) in [6.07, 6.45) is 0.306. The van der Waals surface area contributed by atoms with E-state index in [-0.39, 0.29) is 11.8 Å². The highest BCUT2D eigenvalue weighted by atomic mass is 19.1. The Morgan fingerprint density at radius 3 is 3.25 bits per heavy atom. The lowest BCUT2D eigenvalue weighted by molar-refractivity contribution is -0.156. The quantitative estimate of drug-likeness (QED) is 0.535. The fraction of sp³-hybridized carbons (Fsp3) is 0.714. The Morgan fingerprint density at radius 2 is 2.50 bits per heavy atom. The van der Waals surface area contributed by atoms with Crippen LogP contribution in [0.15, 0.2) is 5.16 Å². The third kappa shape index (κ3) is 0.964. The second-order valence-corrected chi connectivity index (χ2v) is 2.79. The zero-order valence-corrected chi connectivity index (χ0v) is 6.33. The van der Waals surface area contributed by atoms with Crippen LogP contribution in [0.3, 0.4) is 0 Å². The van der Waals surface area contributed by atoms with Gasteiger partial charge in [0.05, 0.1) is 6.61 Å². The molecule has 0 spiro atoms. The Labute approximate surface area is 68.3 Å². The Kier molecular flexibility index (Phi) is 1.71. The molecule has 0 aromatic carbocycles. The Balaban J connectivity index is 2.18. The maximum absolute atomic E-state index is 12.2. The molecule has 2 aliphatic heterocycles. The molecule has 2 rings (SSSR count). The molecule has 0 radical (unpaired) electrons. The molecule has 12 heavy (non-hydrogen) atoms. The fourth-order valence-electron chi connectivity index (χ4n) is 1.45. The Bertz CT molecular complexity index is 241. The van der Waals surface area contributed by atoms with Crippen LogP contribution in [0, 0.1) is 5.92 Å². The molecule has 0 amide bonds. The normalized spacial score (nSPS) is 33.4. The van der Waals surface area contributed by atoms with E-state index in [4.69, 9.17) is 9.57 Å². The zero-order chi connectivity index (χ0) is 8.55. The lowest BCUT2D eigenvalue weighted by atomic mass is 9.94. The number of ether oxygens (including phenoxy) is 1. The fourth-order valence-corrected chi connectivity index (χ4v) is 1.45. The highest BCUT2D eigenvalue weighted by Gasteiger charge is 2.43. The second kappa shape index (κ2) is 2.73. The lowest BCUT2D eigenvalue weighted by Crippen LogP contribution is -2.38. The first-order valence-electron chi connectivity index (χ1n) is 3.78. The predicted molar refractivity (Wildman–Crippen MR) is 37.3 cm³/mol. The average molecular weight is 173 g/mol. The summed E-state index contributed by atoms with van der Waals surface area (Å²) in [5, 5.41) is 3.49. The molecule has 0 aromatic rings. The van der Waals surface area contributed by atoms with Crippen molar-refractivity contribution >= 4 is 11.7 Å². The molecule has 1 saturated heterocycles. The summed E-state index contributed by atoms with van der Waals surface area (Å²) in [4.78, 5) is 16.0. The summed E-state index contributed by atoms with van der Waals surface area (Å²) in [5.74, 6) is -1.01. The number of alkyl halides is 1. The van der Waals surface area contributed by atoms with Crippen molar-refractivity contribution in [2.24, 2.45) is 11.1 Å². The van der Waals surface area contributed by atoms with Gasteiger partial charge in [0.25, 0.3) is 0 Å². The van der Waals surface area contributed by atoms with Gasteiger partial charge in [0.15, 0.2) is 0 Å². The maximum Gasteiger partial charge on any atom is 0.318 e. The van der Waals surface area contributed by atoms with Gasteiger partial charge in [0, 0.05) is 6.42 Å². The van der Waals surface area contributed by atoms with Crippen molar-refractivity contribution in [1.82, 2.24) is 0 Å². The van der Waals surface area contributed by atoms with Crippen LogP contribution in [-0.4, -0.2) is 31.1 Å². The topological polar surface area (TPSA) is 47.9 Å². The van der Waals surface area contributed by atoms with Crippen LogP contribution in [-0.2, 0) is 14.4 Å². The first kappa shape index (κ1) is 7.52. The van der Waals surface area contributed by atoms with Crippen molar-refractivity contribution in [2.45, 2.75) is 12.5 Å². The van der Waals surface area contributed by atoms with Gasteiger partial charge in [-0.15, -0.1) is 0 Å². The van der Waals surface area contributed by atoms with Gasteiger partial charge in [-0.25, -0.2) is 4.39 Å². The van der Waals surface area contributed by atoms with Gasteiger partial charge in [-0.1, -0.05) is 5.16 Å². The molecule has 0 bridgehead atoms. The molecule has 66 valence electrons. The number of carbonyl (C=O) groups is 1. The van der Waals surface area contributed by atoms with Crippen LogP contribution < -0.4 is 0 Å². The second-order valence-electron chi connectivity index (χ2n) is 2.79. The summed E-state index contributed by atoms with van der Waals surface area (Å²) in [7, 11) is 0. The summed E-state index contributed by atoms with van der Waals surface area (Å²) in [6.45, 7) is -0.397. The third-order valence-corrected chi connectivity index (χ3v) is 2.07. The summed E-state index contributed by atoms with van der Waals surface area (Å²) in [6, 6.07) is 0. The van der Waals surface area contributed by atoms with E-state index in [1.165, 1.54) is 0 Å². The van der Waals surface area contributed by atoms with E-state index in [0.29, 0.717) is 13.0 Å². The Hall–Kier alpha value is -1.13. The van der Waals surface area contributed by atoms with E-state index in [2.05, 4.69) is 5.16 Å². The minimum atomic E-state index is -0.740. The van der Waals surface area contributed by atoms with Crippen LogP contribution in [0.4, 0.5) is 4.39 Å². The number of hydrogen-bond donors (Lipinski definition) is 0. The van der Waals surface area contributed by atoms with E-state index in [0.717, 1.165) is 0 Å². The van der Waals surface area contributed by atoms with Gasteiger partial charge in [0.2, 0.25) is 0 Å². The van der Waals surface area contributed by atoms with Crippen molar-refractivity contribution < 1.29 is 18.8 Å². The first-order valence-corrected chi connectivity index (χ1v) is 3.78. The molecule has 0 N–H and O–H groups in total. The molecule has 4 nitrogen and oxygen atoms in total.